The monoisotopic (exact) mass is 386 g/mol. The van der Waals surface area contributed by atoms with Gasteiger partial charge in [0.25, 0.3) is 0 Å². The minimum absolute atomic E-state index is 0.276. The zero-order valence-corrected chi connectivity index (χ0v) is 16.4. The molecule has 4 aromatic rings. The van der Waals surface area contributed by atoms with Crippen LogP contribution in [0.5, 0.6) is 11.5 Å². The van der Waals surface area contributed by atoms with Crippen LogP contribution in [0.3, 0.4) is 0 Å². The third kappa shape index (κ3) is 3.31. The van der Waals surface area contributed by atoms with E-state index in [1.54, 1.807) is 12.4 Å². The smallest absolute Gasteiger partial charge is 0.190 e. The molecule has 0 amide bonds. The van der Waals surface area contributed by atoms with Crippen molar-refractivity contribution in [1.82, 2.24) is 19.5 Å². The van der Waals surface area contributed by atoms with Gasteiger partial charge in [0.2, 0.25) is 0 Å². The van der Waals surface area contributed by atoms with Crippen molar-refractivity contribution in [3.05, 3.63) is 66.9 Å². The Morgan fingerprint density at radius 2 is 1.86 bits per heavy atom. The Hall–Kier alpha value is -3.41. The first-order valence-corrected chi connectivity index (χ1v) is 9.84. The Bertz CT molecular complexity index is 1150. The van der Waals surface area contributed by atoms with E-state index in [1.807, 2.05) is 42.6 Å². The summed E-state index contributed by atoms with van der Waals surface area (Å²) in [6.45, 7) is 5.65. The molecular weight excluding hydrogens is 364 g/mol. The van der Waals surface area contributed by atoms with Gasteiger partial charge in [0.1, 0.15) is 6.61 Å². The van der Waals surface area contributed by atoms with Gasteiger partial charge >= 0.3 is 0 Å². The molecule has 0 aliphatic carbocycles. The van der Waals surface area contributed by atoms with Crippen molar-refractivity contribution in [3.8, 4) is 22.6 Å². The summed E-state index contributed by atoms with van der Waals surface area (Å²) in [5.74, 6) is 2.82. The van der Waals surface area contributed by atoms with Crippen LogP contribution < -0.4 is 9.47 Å². The lowest BCUT2D eigenvalue weighted by atomic mass is 10.1. The number of para-hydroxylation sites is 2. The predicted molar refractivity (Wildman–Crippen MR) is 111 cm³/mol. The average molecular weight is 386 g/mol. The van der Waals surface area contributed by atoms with E-state index in [0.29, 0.717) is 12.5 Å². The van der Waals surface area contributed by atoms with Crippen LogP contribution in [-0.2, 0) is 6.54 Å². The Balaban J connectivity index is 1.60. The molecule has 0 saturated carbocycles. The van der Waals surface area contributed by atoms with Crippen LogP contribution in [0.15, 0.2) is 61.1 Å². The molecule has 6 heteroatoms. The molecule has 29 heavy (non-hydrogen) atoms. The van der Waals surface area contributed by atoms with E-state index in [0.717, 1.165) is 46.2 Å². The zero-order chi connectivity index (χ0) is 19.8. The summed E-state index contributed by atoms with van der Waals surface area (Å²) in [4.78, 5) is 13.6. The van der Waals surface area contributed by atoms with Gasteiger partial charge in [-0.15, -0.1) is 0 Å². The predicted octanol–water partition coefficient (Wildman–Crippen LogP) is 4.66. The van der Waals surface area contributed by atoms with E-state index in [4.69, 9.17) is 14.5 Å². The molecule has 0 saturated heterocycles. The Morgan fingerprint density at radius 1 is 1.07 bits per heavy atom. The van der Waals surface area contributed by atoms with Gasteiger partial charge in [-0.25, -0.2) is 9.97 Å². The molecule has 4 heterocycles. The number of nitrogens with zero attached hydrogens (tertiary/aromatic N) is 4. The van der Waals surface area contributed by atoms with Crippen molar-refractivity contribution in [1.29, 1.82) is 0 Å². The van der Waals surface area contributed by atoms with Crippen molar-refractivity contribution in [3.63, 3.8) is 0 Å². The van der Waals surface area contributed by atoms with E-state index in [-0.39, 0.29) is 6.10 Å². The van der Waals surface area contributed by atoms with Crippen LogP contribution in [0.4, 0.5) is 0 Å². The lowest BCUT2D eigenvalue weighted by molar-refractivity contribution is 0.0823. The van der Waals surface area contributed by atoms with Crippen molar-refractivity contribution >= 4 is 11.2 Å². The highest BCUT2D eigenvalue weighted by Crippen LogP contribution is 2.36. The van der Waals surface area contributed by atoms with Gasteiger partial charge in [-0.2, -0.15) is 0 Å². The van der Waals surface area contributed by atoms with Gasteiger partial charge in [0.15, 0.2) is 29.1 Å². The van der Waals surface area contributed by atoms with E-state index in [9.17, 15) is 0 Å². The Labute approximate surface area is 169 Å². The summed E-state index contributed by atoms with van der Waals surface area (Å²) in [6.07, 6.45) is 5.17. The van der Waals surface area contributed by atoms with Gasteiger partial charge in [-0.05, 0) is 41.8 Å². The molecule has 1 atom stereocenters. The highest BCUT2D eigenvalue weighted by molar-refractivity contribution is 5.78. The summed E-state index contributed by atoms with van der Waals surface area (Å²) < 4.78 is 14.4. The van der Waals surface area contributed by atoms with E-state index < -0.39 is 0 Å². The van der Waals surface area contributed by atoms with E-state index in [1.165, 1.54) is 0 Å². The fraction of sp³-hybridized carbons (Fsp3) is 0.261. The average Bonchev–Trinajstić information content (AvgIpc) is 3.11. The number of hydrogen-bond acceptors (Lipinski definition) is 5. The molecule has 146 valence electrons. The number of hydrogen-bond donors (Lipinski definition) is 0. The van der Waals surface area contributed by atoms with Gasteiger partial charge in [0, 0.05) is 30.7 Å². The number of aromatic nitrogens is 4. The van der Waals surface area contributed by atoms with Crippen LogP contribution in [0, 0.1) is 5.92 Å². The molecule has 5 rings (SSSR count). The normalized spacial score (nSPS) is 15.8. The number of ether oxygens (including phenoxy) is 2. The molecule has 1 aromatic carbocycles. The summed E-state index contributed by atoms with van der Waals surface area (Å²) in [6, 6.07) is 13.9. The molecule has 1 unspecified atom stereocenters. The second-order valence-corrected chi connectivity index (χ2v) is 7.64. The number of pyridine rings is 2. The number of imidazole rings is 1. The zero-order valence-electron chi connectivity index (χ0n) is 16.4. The third-order valence-electron chi connectivity index (χ3n) is 4.99. The number of rotatable bonds is 4. The molecule has 0 N–H and O–H groups in total. The van der Waals surface area contributed by atoms with Crippen LogP contribution in [0.25, 0.3) is 22.3 Å². The number of benzene rings is 1. The summed E-state index contributed by atoms with van der Waals surface area (Å²) in [7, 11) is 0. The SMILES string of the molecule is CC(C)Cn1c(C2COc3ccccc3O2)nc2ncc(-c3ccncc3)cc21. The highest BCUT2D eigenvalue weighted by atomic mass is 16.6. The molecule has 1 aliphatic heterocycles. The van der Waals surface area contributed by atoms with Gasteiger partial charge < -0.3 is 14.0 Å². The van der Waals surface area contributed by atoms with Crippen LogP contribution in [0.2, 0.25) is 0 Å². The minimum Gasteiger partial charge on any atom is -0.485 e. The molecule has 0 spiro atoms. The van der Waals surface area contributed by atoms with Gasteiger partial charge in [0.05, 0.1) is 5.52 Å². The fourth-order valence-corrected chi connectivity index (χ4v) is 3.67. The summed E-state index contributed by atoms with van der Waals surface area (Å²) in [5.41, 5.74) is 3.85. The largest absolute Gasteiger partial charge is 0.485 e. The fourth-order valence-electron chi connectivity index (χ4n) is 3.67. The van der Waals surface area contributed by atoms with E-state index >= 15 is 0 Å². The van der Waals surface area contributed by atoms with Crippen LogP contribution >= 0.6 is 0 Å². The standard InChI is InChI=1S/C23H22N4O2/c1-15(2)13-27-18-11-17(16-7-9-24-10-8-16)12-25-22(18)26-23(27)21-14-28-19-5-3-4-6-20(19)29-21/h3-12,15,21H,13-14H2,1-2H3. The lowest BCUT2D eigenvalue weighted by Gasteiger charge is -2.26. The van der Waals surface area contributed by atoms with Crippen LogP contribution in [-0.4, -0.2) is 26.1 Å². The van der Waals surface area contributed by atoms with Crippen molar-refractivity contribution in [2.45, 2.75) is 26.5 Å². The topological polar surface area (TPSA) is 62.1 Å². The third-order valence-corrected chi connectivity index (χ3v) is 4.99. The number of fused-ring (bicyclic) bond motifs is 2. The maximum absolute atomic E-state index is 6.24. The maximum Gasteiger partial charge on any atom is 0.190 e. The first-order valence-electron chi connectivity index (χ1n) is 9.84. The summed E-state index contributed by atoms with van der Waals surface area (Å²) in [5, 5.41) is 0. The van der Waals surface area contributed by atoms with Crippen molar-refractivity contribution in [2.75, 3.05) is 6.61 Å². The summed E-state index contributed by atoms with van der Waals surface area (Å²) >= 11 is 0. The second kappa shape index (κ2) is 7.20. The first-order chi connectivity index (χ1) is 14.2. The Kier molecular flexibility index (Phi) is 4.39. The molecule has 1 aliphatic rings. The second-order valence-electron chi connectivity index (χ2n) is 7.64. The molecule has 0 bridgehead atoms. The van der Waals surface area contributed by atoms with Gasteiger partial charge in [-0.3, -0.25) is 4.98 Å². The van der Waals surface area contributed by atoms with Crippen LogP contribution in [0.1, 0.15) is 25.8 Å². The Morgan fingerprint density at radius 3 is 2.66 bits per heavy atom. The molecule has 3 aromatic heterocycles. The van der Waals surface area contributed by atoms with Crippen molar-refractivity contribution in [2.24, 2.45) is 5.92 Å². The highest BCUT2D eigenvalue weighted by Gasteiger charge is 2.28. The lowest BCUT2D eigenvalue weighted by Crippen LogP contribution is -2.25. The first kappa shape index (κ1) is 17.7. The quantitative estimate of drug-likeness (QED) is 0.510. The minimum atomic E-state index is -0.276. The molecule has 6 nitrogen and oxygen atoms in total. The van der Waals surface area contributed by atoms with Crippen molar-refractivity contribution < 1.29 is 9.47 Å². The van der Waals surface area contributed by atoms with Gasteiger partial charge in [-0.1, -0.05) is 26.0 Å². The molecule has 0 fully saturated rings. The maximum atomic E-state index is 6.24. The van der Waals surface area contributed by atoms with E-state index in [2.05, 4.69) is 34.4 Å². The molecular formula is C23H22N4O2. The molecule has 0 radical (unpaired) electrons.